The number of rotatable bonds is 4. The van der Waals surface area contributed by atoms with Crippen molar-refractivity contribution in [2.75, 3.05) is 11.1 Å². The highest BCUT2D eigenvalue weighted by molar-refractivity contribution is 7.11. The summed E-state index contributed by atoms with van der Waals surface area (Å²) in [7, 11) is 0. The Morgan fingerprint density at radius 3 is 2.62 bits per heavy atom. The summed E-state index contributed by atoms with van der Waals surface area (Å²) < 4.78 is 4.33. The Hall–Kier alpha value is -1.62. The van der Waals surface area contributed by atoms with Crippen LogP contribution in [0.5, 0.6) is 0 Å². The number of nitrogens with two attached hydrogens (primary N) is 1. The van der Waals surface area contributed by atoms with E-state index in [-0.39, 0.29) is 0 Å². The van der Waals surface area contributed by atoms with Crippen LogP contribution in [-0.2, 0) is 0 Å². The van der Waals surface area contributed by atoms with Crippen molar-refractivity contribution in [1.82, 2.24) is 9.36 Å². The van der Waals surface area contributed by atoms with Gasteiger partial charge in [-0.15, -0.1) is 0 Å². The van der Waals surface area contributed by atoms with Gasteiger partial charge in [0.15, 0.2) is 0 Å². The molecule has 0 radical (unpaired) electrons. The number of pyridine rings is 1. The molecule has 112 valence electrons. The van der Waals surface area contributed by atoms with E-state index in [0.717, 1.165) is 22.0 Å². The second-order valence-electron chi connectivity index (χ2n) is 5.78. The van der Waals surface area contributed by atoms with Gasteiger partial charge in [0.05, 0.1) is 5.56 Å². The van der Waals surface area contributed by atoms with Crippen molar-refractivity contribution in [3.8, 4) is 11.1 Å². The van der Waals surface area contributed by atoms with Crippen LogP contribution in [0.4, 0.5) is 10.8 Å². The topological polar surface area (TPSA) is 63.8 Å². The summed E-state index contributed by atoms with van der Waals surface area (Å²) in [5.74, 6) is 1.52. The smallest absolute Gasteiger partial charge is 0.147 e. The second kappa shape index (κ2) is 6.43. The van der Waals surface area contributed by atoms with Gasteiger partial charge < -0.3 is 11.1 Å². The molecule has 4 nitrogen and oxygen atoms in total. The maximum atomic E-state index is 6.06. The lowest BCUT2D eigenvalue weighted by Gasteiger charge is -2.28. The van der Waals surface area contributed by atoms with Crippen LogP contribution in [0.15, 0.2) is 24.5 Å². The molecule has 3 rings (SSSR count). The van der Waals surface area contributed by atoms with Crippen molar-refractivity contribution in [3.05, 3.63) is 24.5 Å². The van der Waals surface area contributed by atoms with E-state index < -0.39 is 0 Å². The monoisotopic (exact) mass is 302 g/mol. The number of hydrogen-bond donors (Lipinski definition) is 2. The van der Waals surface area contributed by atoms with Crippen molar-refractivity contribution in [3.63, 3.8) is 0 Å². The van der Waals surface area contributed by atoms with E-state index >= 15 is 0 Å². The summed E-state index contributed by atoms with van der Waals surface area (Å²) in [5, 5.41) is 4.76. The van der Waals surface area contributed by atoms with E-state index in [1.165, 1.54) is 43.6 Å². The molecule has 2 aromatic heterocycles. The minimum absolute atomic E-state index is 0.549. The molecule has 0 spiro atoms. The number of anilines is 2. The quantitative estimate of drug-likeness (QED) is 0.889. The molecule has 0 bridgehead atoms. The summed E-state index contributed by atoms with van der Waals surface area (Å²) in [6.45, 7) is 2.30. The van der Waals surface area contributed by atoms with Gasteiger partial charge >= 0.3 is 0 Å². The van der Waals surface area contributed by atoms with E-state index in [0.29, 0.717) is 11.9 Å². The maximum Gasteiger partial charge on any atom is 0.147 e. The Bertz CT molecular complexity index is 573. The van der Waals surface area contributed by atoms with Gasteiger partial charge in [0.1, 0.15) is 10.8 Å². The zero-order chi connectivity index (χ0) is 14.7. The minimum atomic E-state index is 0.549. The normalized spacial score (nSPS) is 22.1. The third-order valence-corrected chi connectivity index (χ3v) is 5.24. The van der Waals surface area contributed by atoms with Crippen LogP contribution in [0, 0.1) is 5.92 Å². The molecule has 2 heterocycles. The van der Waals surface area contributed by atoms with Crippen LogP contribution in [0.2, 0.25) is 0 Å². The standard InChI is InChI=1S/C16H22N4S/c1-2-11-3-5-13(6-4-11)19-16-14(15(17)20-21-16)12-7-9-18-10-8-12/h7-11,13,19H,2-6H2,1H3,(H2,17,20). The number of aromatic nitrogens is 2. The van der Waals surface area contributed by atoms with Gasteiger partial charge in [-0.05, 0) is 60.8 Å². The first-order valence-electron chi connectivity index (χ1n) is 7.70. The molecule has 0 aliphatic heterocycles. The highest BCUT2D eigenvalue weighted by Gasteiger charge is 2.22. The highest BCUT2D eigenvalue weighted by atomic mass is 32.1. The molecule has 1 aliphatic carbocycles. The maximum absolute atomic E-state index is 6.06. The van der Waals surface area contributed by atoms with Crippen LogP contribution < -0.4 is 11.1 Å². The zero-order valence-corrected chi connectivity index (χ0v) is 13.2. The fourth-order valence-electron chi connectivity index (χ4n) is 3.10. The Morgan fingerprint density at radius 1 is 1.24 bits per heavy atom. The Balaban J connectivity index is 1.75. The molecular formula is C16H22N4S. The zero-order valence-electron chi connectivity index (χ0n) is 12.4. The van der Waals surface area contributed by atoms with Crippen molar-refractivity contribution >= 4 is 22.4 Å². The molecule has 0 aromatic carbocycles. The first-order chi connectivity index (χ1) is 10.3. The van der Waals surface area contributed by atoms with E-state index in [1.54, 1.807) is 12.4 Å². The summed E-state index contributed by atoms with van der Waals surface area (Å²) in [5.41, 5.74) is 8.17. The lowest BCUT2D eigenvalue weighted by atomic mass is 9.84. The van der Waals surface area contributed by atoms with Crippen molar-refractivity contribution in [2.24, 2.45) is 5.92 Å². The molecule has 5 heteroatoms. The summed E-state index contributed by atoms with van der Waals surface area (Å²) in [6.07, 6.45) is 10.0. The molecule has 0 atom stereocenters. The van der Waals surface area contributed by atoms with Crippen LogP contribution in [0.3, 0.4) is 0 Å². The predicted molar refractivity (Wildman–Crippen MR) is 89.4 cm³/mol. The molecule has 1 saturated carbocycles. The lowest BCUT2D eigenvalue weighted by molar-refractivity contribution is 0.330. The number of hydrogen-bond acceptors (Lipinski definition) is 5. The molecule has 3 N–H and O–H groups in total. The first-order valence-corrected chi connectivity index (χ1v) is 8.47. The molecular weight excluding hydrogens is 280 g/mol. The largest absolute Gasteiger partial charge is 0.382 e. The van der Waals surface area contributed by atoms with E-state index in [2.05, 4.69) is 21.6 Å². The summed E-state index contributed by atoms with van der Waals surface area (Å²) >= 11 is 1.46. The number of nitrogens with zero attached hydrogens (tertiary/aromatic N) is 2. The number of nitrogen functional groups attached to an aromatic ring is 1. The molecule has 0 saturated heterocycles. The third kappa shape index (κ3) is 3.18. The van der Waals surface area contributed by atoms with Gasteiger partial charge in [-0.2, -0.15) is 4.37 Å². The average molecular weight is 302 g/mol. The van der Waals surface area contributed by atoms with Gasteiger partial charge in [0, 0.05) is 18.4 Å². The van der Waals surface area contributed by atoms with Gasteiger partial charge in [-0.3, -0.25) is 4.98 Å². The fourth-order valence-corrected chi connectivity index (χ4v) is 3.91. The Labute approximate surface area is 130 Å². The molecule has 1 fully saturated rings. The minimum Gasteiger partial charge on any atom is -0.382 e. The van der Waals surface area contributed by atoms with E-state index in [1.807, 2.05) is 12.1 Å². The molecule has 0 amide bonds. The fraction of sp³-hybridized carbons (Fsp3) is 0.500. The van der Waals surface area contributed by atoms with Crippen molar-refractivity contribution in [1.29, 1.82) is 0 Å². The predicted octanol–water partition coefficient (Wildman–Crippen LogP) is 4.17. The van der Waals surface area contributed by atoms with E-state index in [9.17, 15) is 0 Å². The van der Waals surface area contributed by atoms with Gasteiger partial charge in [-0.25, -0.2) is 0 Å². The van der Waals surface area contributed by atoms with Crippen LogP contribution >= 0.6 is 11.5 Å². The molecule has 21 heavy (non-hydrogen) atoms. The second-order valence-corrected chi connectivity index (χ2v) is 6.55. The SMILES string of the molecule is CCC1CCC(Nc2snc(N)c2-c2ccncc2)CC1. The average Bonchev–Trinajstić information content (AvgIpc) is 2.89. The Morgan fingerprint density at radius 2 is 1.95 bits per heavy atom. The first kappa shape index (κ1) is 14.3. The van der Waals surface area contributed by atoms with Crippen molar-refractivity contribution < 1.29 is 0 Å². The lowest BCUT2D eigenvalue weighted by Crippen LogP contribution is -2.25. The van der Waals surface area contributed by atoms with E-state index in [4.69, 9.17) is 5.73 Å². The van der Waals surface area contributed by atoms with Crippen LogP contribution in [0.25, 0.3) is 11.1 Å². The molecule has 1 aliphatic rings. The highest BCUT2D eigenvalue weighted by Crippen LogP contribution is 2.38. The summed E-state index contributed by atoms with van der Waals surface area (Å²) in [6, 6.07) is 4.52. The summed E-state index contributed by atoms with van der Waals surface area (Å²) in [4.78, 5) is 4.07. The van der Waals surface area contributed by atoms with Gasteiger partial charge in [0.25, 0.3) is 0 Å². The Kier molecular flexibility index (Phi) is 4.39. The third-order valence-electron chi connectivity index (χ3n) is 4.45. The molecule has 2 aromatic rings. The van der Waals surface area contributed by atoms with Crippen LogP contribution in [-0.4, -0.2) is 15.4 Å². The number of nitrogens with one attached hydrogen (secondary N) is 1. The van der Waals surface area contributed by atoms with Gasteiger partial charge in [-0.1, -0.05) is 13.3 Å². The van der Waals surface area contributed by atoms with Crippen molar-refractivity contribution in [2.45, 2.75) is 45.1 Å². The van der Waals surface area contributed by atoms with Gasteiger partial charge in [0.2, 0.25) is 0 Å². The molecule has 0 unspecified atom stereocenters. The van der Waals surface area contributed by atoms with Crippen LogP contribution in [0.1, 0.15) is 39.0 Å².